The lowest BCUT2D eigenvalue weighted by Crippen LogP contribution is -2.29. The summed E-state index contributed by atoms with van der Waals surface area (Å²) in [5, 5.41) is 10.5. The van der Waals surface area contributed by atoms with Crippen molar-refractivity contribution in [1.29, 1.82) is 0 Å². The Hall–Kier alpha value is -3.13. The molecule has 0 radical (unpaired) electrons. The molecule has 7 nitrogen and oxygen atoms in total. The molecule has 1 amide bonds. The zero-order chi connectivity index (χ0) is 19.2. The average Bonchev–Trinajstić information content (AvgIpc) is 2.92. The van der Waals surface area contributed by atoms with Crippen LogP contribution in [-0.4, -0.2) is 34.7 Å². The summed E-state index contributed by atoms with van der Waals surface area (Å²) >= 11 is 0. The number of fused-ring (bicyclic) bond motifs is 1. The van der Waals surface area contributed by atoms with E-state index in [0.717, 1.165) is 28.0 Å². The third-order valence-corrected chi connectivity index (χ3v) is 6.10. The molecule has 0 aliphatic carbocycles. The molecule has 1 unspecified atom stereocenters. The molecular weight excluding hydrogens is 368 g/mol. The van der Waals surface area contributed by atoms with Gasteiger partial charge < -0.3 is 14.6 Å². The maximum Gasteiger partial charge on any atom is 0.253 e. The number of phenols is 1. The van der Waals surface area contributed by atoms with Crippen molar-refractivity contribution in [2.24, 2.45) is 0 Å². The number of ether oxygens (including phenoxy) is 2. The van der Waals surface area contributed by atoms with Gasteiger partial charge in [0.25, 0.3) is 5.91 Å². The quantitative estimate of drug-likeness (QED) is 0.786. The summed E-state index contributed by atoms with van der Waals surface area (Å²) in [6.45, 7) is 0.314. The summed E-state index contributed by atoms with van der Waals surface area (Å²) < 4.78 is 26.8. The summed E-state index contributed by atoms with van der Waals surface area (Å²) in [7, 11) is -1.38. The molecular formula is C19H18N2O5S. The number of anilines is 1. The van der Waals surface area contributed by atoms with E-state index >= 15 is 0 Å². The molecule has 2 heterocycles. The maximum atomic E-state index is 12.4. The zero-order valence-electron chi connectivity index (χ0n) is 14.6. The van der Waals surface area contributed by atoms with Crippen LogP contribution in [-0.2, 0) is 26.0 Å². The molecule has 1 fully saturated rings. The number of carbonyl (C=O) groups is 1. The monoisotopic (exact) mass is 386 g/mol. The Labute approximate surface area is 157 Å². The number of nitrogens with zero attached hydrogens (tertiary/aromatic N) is 1. The van der Waals surface area contributed by atoms with Crippen molar-refractivity contribution in [3.05, 3.63) is 59.4 Å². The summed E-state index contributed by atoms with van der Waals surface area (Å²) in [5.74, 6) is 3.79. The van der Waals surface area contributed by atoms with Crippen LogP contribution >= 0.6 is 0 Å². The Morgan fingerprint density at radius 3 is 2.78 bits per heavy atom. The number of hydrogen-bond acceptors (Lipinski definition) is 5. The minimum Gasteiger partial charge on any atom is -0.506 e. The fourth-order valence-electron chi connectivity index (χ4n) is 3.23. The lowest BCUT2D eigenvalue weighted by atomic mass is 9.93. The van der Waals surface area contributed by atoms with Gasteiger partial charge in [0.2, 0.25) is 0 Å². The maximum absolute atomic E-state index is 12.4. The number of amides is 1. The second kappa shape index (κ2) is 6.24. The van der Waals surface area contributed by atoms with Crippen LogP contribution in [0.1, 0.15) is 16.7 Å². The third kappa shape index (κ3) is 2.97. The van der Waals surface area contributed by atoms with Gasteiger partial charge in [0.15, 0.2) is 0 Å². The Bertz CT molecular complexity index is 1080. The Balaban J connectivity index is 1.72. The fraction of sp³-hybridized carbons (Fsp3) is 0.158. The molecule has 140 valence electrons. The van der Waals surface area contributed by atoms with E-state index < -0.39 is 15.8 Å². The van der Waals surface area contributed by atoms with Gasteiger partial charge in [-0.05, 0) is 41.3 Å². The molecule has 2 aliphatic heterocycles. The van der Waals surface area contributed by atoms with E-state index in [-0.39, 0.29) is 18.0 Å². The molecule has 1 saturated heterocycles. The first kappa shape index (κ1) is 17.3. The number of rotatable bonds is 3. The Morgan fingerprint density at radius 1 is 1.30 bits per heavy atom. The zero-order valence-corrected chi connectivity index (χ0v) is 15.4. The highest BCUT2D eigenvalue weighted by atomic mass is 32.2. The smallest absolute Gasteiger partial charge is 0.253 e. The van der Waals surface area contributed by atoms with Crippen LogP contribution in [0.15, 0.2) is 42.7 Å². The van der Waals surface area contributed by atoms with E-state index in [1.807, 2.05) is 18.2 Å². The minimum atomic E-state index is -2.99. The summed E-state index contributed by atoms with van der Waals surface area (Å²) in [6.07, 6.45) is 1.65. The molecule has 0 spiro atoms. The van der Waals surface area contributed by atoms with Crippen LogP contribution in [0.25, 0.3) is 5.57 Å². The number of nitrogens with one attached hydrogen (secondary N) is 1. The van der Waals surface area contributed by atoms with E-state index in [4.69, 9.17) is 9.47 Å². The molecule has 2 N–H and O–H groups in total. The van der Waals surface area contributed by atoms with Crippen molar-refractivity contribution in [3.8, 4) is 11.5 Å². The number of methoxy groups -OCH3 is 1. The van der Waals surface area contributed by atoms with Crippen LogP contribution in [0.4, 0.5) is 5.69 Å². The largest absolute Gasteiger partial charge is 0.506 e. The van der Waals surface area contributed by atoms with E-state index in [1.54, 1.807) is 31.6 Å². The first-order valence-electron chi connectivity index (χ1n) is 8.17. The Morgan fingerprint density at radius 2 is 2.11 bits per heavy atom. The van der Waals surface area contributed by atoms with Gasteiger partial charge in [-0.15, -0.1) is 0 Å². The summed E-state index contributed by atoms with van der Waals surface area (Å²) in [6, 6.07) is 10.7. The van der Waals surface area contributed by atoms with Gasteiger partial charge in [-0.1, -0.05) is 12.1 Å². The van der Waals surface area contributed by atoms with Gasteiger partial charge >= 0.3 is 0 Å². The van der Waals surface area contributed by atoms with Gasteiger partial charge in [0.05, 0.1) is 19.1 Å². The van der Waals surface area contributed by atoms with Crippen molar-refractivity contribution in [3.63, 3.8) is 0 Å². The SMILES string of the molecule is C=S1(=O)NC(=O)CN1c1ccc(C2=COCc3cc(OC)ccc32)cc1O. The molecule has 1 atom stereocenters. The molecule has 0 aromatic heterocycles. The van der Waals surface area contributed by atoms with Gasteiger partial charge in [-0.25, -0.2) is 4.21 Å². The Kier molecular flexibility index (Phi) is 4.00. The first-order valence-corrected chi connectivity index (χ1v) is 9.85. The number of benzene rings is 2. The lowest BCUT2D eigenvalue weighted by Gasteiger charge is -2.22. The number of hydrogen-bond donors (Lipinski definition) is 2. The van der Waals surface area contributed by atoms with E-state index in [1.165, 1.54) is 4.31 Å². The molecule has 8 heteroatoms. The average molecular weight is 386 g/mol. The fourth-order valence-corrected chi connectivity index (χ4v) is 4.56. The van der Waals surface area contributed by atoms with Crippen LogP contribution < -0.4 is 13.8 Å². The predicted molar refractivity (Wildman–Crippen MR) is 104 cm³/mol. The van der Waals surface area contributed by atoms with Gasteiger partial charge in [-0.2, -0.15) is 0 Å². The van der Waals surface area contributed by atoms with Crippen molar-refractivity contribution in [2.75, 3.05) is 18.0 Å². The summed E-state index contributed by atoms with van der Waals surface area (Å²) in [4.78, 5) is 11.6. The van der Waals surface area contributed by atoms with E-state index in [0.29, 0.717) is 6.61 Å². The highest BCUT2D eigenvalue weighted by Gasteiger charge is 2.31. The van der Waals surface area contributed by atoms with Crippen LogP contribution in [0.5, 0.6) is 11.5 Å². The van der Waals surface area contributed by atoms with Crippen LogP contribution in [0.3, 0.4) is 0 Å². The third-order valence-electron chi connectivity index (χ3n) is 4.51. The number of carbonyl (C=O) groups excluding carboxylic acids is 1. The molecule has 2 aliphatic rings. The molecule has 0 bridgehead atoms. The second-order valence-electron chi connectivity index (χ2n) is 6.27. The van der Waals surface area contributed by atoms with Crippen LogP contribution in [0.2, 0.25) is 0 Å². The van der Waals surface area contributed by atoms with Gasteiger partial charge in [-0.3, -0.25) is 13.8 Å². The number of phenolic OH excluding ortho intramolecular Hbond substituents is 1. The number of aromatic hydroxyl groups is 1. The van der Waals surface area contributed by atoms with Gasteiger partial charge in [0.1, 0.15) is 34.5 Å². The normalized spacial score (nSPS) is 21.1. The minimum absolute atomic E-state index is 0.0955. The summed E-state index contributed by atoms with van der Waals surface area (Å²) in [5.41, 5.74) is 3.78. The van der Waals surface area contributed by atoms with Crippen LogP contribution in [0, 0.1) is 0 Å². The molecule has 2 aromatic carbocycles. The van der Waals surface area contributed by atoms with Crippen molar-refractivity contribution < 1.29 is 23.6 Å². The highest BCUT2D eigenvalue weighted by molar-refractivity contribution is 8.00. The molecule has 4 rings (SSSR count). The predicted octanol–water partition coefficient (Wildman–Crippen LogP) is 1.80. The van der Waals surface area contributed by atoms with Gasteiger partial charge in [0, 0.05) is 11.1 Å². The standard InChI is InChI=1S/C19H18N2O5S/c1-25-14-4-5-15-13(7-14)10-26-11-16(15)12-3-6-17(18(22)8-12)21-9-19(23)20-27(21,2)24/h3-8,11,22H,2,9-10H2,1H3,(H,20,23,24). The van der Waals surface area contributed by atoms with Crippen molar-refractivity contribution in [1.82, 2.24) is 4.72 Å². The van der Waals surface area contributed by atoms with E-state index in [9.17, 15) is 14.1 Å². The topological polar surface area (TPSA) is 88.1 Å². The van der Waals surface area contributed by atoms with E-state index in [2.05, 4.69) is 10.6 Å². The highest BCUT2D eigenvalue weighted by Crippen LogP contribution is 2.37. The molecule has 0 saturated carbocycles. The lowest BCUT2D eigenvalue weighted by molar-refractivity contribution is -0.117. The van der Waals surface area contributed by atoms with Crippen molar-refractivity contribution in [2.45, 2.75) is 6.61 Å². The molecule has 27 heavy (non-hydrogen) atoms. The first-order chi connectivity index (χ1) is 12.9. The van der Waals surface area contributed by atoms with Crippen molar-refractivity contribution >= 4 is 32.9 Å². The molecule has 2 aromatic rings. The second-order valence-corrected chi connectivity index (χ2v) is 8.20.